The topological polar surface area (TPSA) is 75.6 Å². The molecule has 1 aromatic rings. The normalized spacial score (nSPS) is 11.9. The van der Waals surface area contributed by atoms with Crippen molar-refractivity contribution < 1.29 is 19.4 Å². The molecule has 2 N–H and O–H groups in total. The fraction of sp³-hybridized carbons (Fsp3) is 0.571. The van der Waals surface area contributed by atoms with Crippen LogP contribution in [-0.2, 0) is 11.2 Å². The van der Waals surface area contributed by atoms with Crippen LogP contribution in [0.2, 0.25) is 0 Å². The maximum absolute atomic E-state index is 11.8. The fourth-order valence-corrected chi connectivity index (χ4v) is 2.48. The smallest absolute Gasteiger partial charge is 0.349 e. The zero-order chi connectivity index (χ0) is 15.1. The summed E-state index contributed by atoms with van der Waals surface area (Å²) >= 11 is 1.19. The minimum Gasteiger partial charge on any atom is -0.479 e. The number of carboxylic acid groups (broad SMARTS) is 1. The molecule has 1 amide bonds. The summed E-state index contributed by atoms with van der Waals surface area (Å²) in [7, 11) is 0. The molecule has 0 fully saturated rings. The molecule has 20 heavy (non-hydrogen) atoms. The monoisotopic (exact) mass is 299 g/mol. The van der Waals surface area contributed by atoms with E-state index in [1.54, 1.807) is 13.0 Å². The molecule has 1 aromatic heterocycles. The van der Waals surface area contributed by atoms with Gasteiger partial charge in [0.1, 0.15) is 5.75 Å². The van der Waals surface area contributed by atoms with Gasteiger partial charge in [-0.25, -0.2) is 4.79 Å². The zero-order valence-corrected chi connectivity index (χ0v) is 12.9. The van der Waals surface area contributed by atoms with Crippen molar-refractivity contribution in [3.63, 3.8) is 0 Å². The average molecular weight is 299 g/mol. The molecule has 0 spiro atoms. The highest BCUT2D eigenvalue weighted by molar-refractivity contribution is 7.14. The van der Waals surface area contributed by atoms with E-state index in [4.69, 9.17) is 9.84 Å². The number of hydrogen-bond donors (Lipinski definition) is 2. The molecule has 0 saturated heterocycles. The summed E-state index contributed by atoms with van der Waals surface area (Å²) in [5.74, 6) is -0.972. The Bertz CT molecular complexity index is 470. The van der Waals surface area contributed by atoms with Gasteiger partial charge in [0.15, 0.2) is 11.0 Å². The Kier molecular flexibility index (Phi) is 6.51. The van der Waals surface area contributed by atoms with Crippen molar-refractivity contribution in [2.75, 3.05) is 6.54 Å². The van der Waals surface area contributed by atoms with Crippen molar-refractivity contribution in [3.05, 3.63) is 15.8 Å². The summed E-state index contributed by atoms with van der Waals surface area (Å²) in [6.07, 6.45) is 1.95. The lowest BCUT2D eigenvalue weighted by molar-refractivity contribution is -0.127. The van der Waals surface area contributed by atoms with Gasteiger partial charge in [0.25, 0.3) is 5.91 Å². The first-order valence-electron chi connectivity index (χ1n) is 6.79. The van der Waals surface area contributed by atoms with Crippen molar-refractivity contribution in [1.82, 2.24) is 5.32 Å². The van der Waals surface area contributed by atoms with E-state index in [1.165, 1.54) is 11.3 Å². The van der Waals surface area contributed by atoms with Gasteiger partial charge in [-0.2, -0.15) is 0 Å². The van der Waals surface area contributed by atoms with Crippen molar-refractivity contribution in [2.45, 2.75) is 46.1 Å². The Labute approximate surface area is 123 Å². The summed E-state index contributed by atoms with van der Waals surface area (Å²) in [6, 6.07) is 1.70. The molecule has 0 aliphatic rings. The molecule has 0 radical (unpaired) electrons. The third-order valence-corrected chi connectivity index (χ3v) is 4.04. The number of thiophene rings is 1. The van der Waals surface area contributed by atoms with Crippen LogP contribution in [-0.4, -0.2) is 29.6 Å². The average Bonchev–Trinajstić information content (AvgIpc) is 2.82. The summed E-state index contributed by atoms with van der Waals surface area (Å²) in [5, 5.41) is 11.9. The van der Waals surface area contributed by atoms with E-state index in [0.717, 1.165) is 24.1 Å². The first-order valence-corrected chi connectivity index (χ1v) is 7.61. The molecule has 0 aliphatic carbocycles. The van der Waals surface area contributed by atoms with E-state index in [2.05, 4.69) is 5.32 Å². The van der Waals surface area contributed by atoms with E-state index in [1.807, 2.05) is 13.8 Å². The number of carbonyl (C=O) groups excluding carboxylic acids is 1. The number of hydrogen-bond acceptors (Lipinski definition) is 4. The highest BCUT2D eigenvalue weighted by Crippen LogP contribution is 2.30. The first kappa shape index (κ1) is 16.5. The summed E-state index contributed by atoms with van der Waals surface area (Å²) in [6.45, 7) is 6.22. The predicted octanol–water partition coefficient (Wildman–Crippen LogP) is 2.69. The maximum atomic E-state index is 11.8. The lowest BCUT2D eigenvalue weighted by Gasteiger charge is -2.14. The molecule has 0 aliphatic heterocycles. The molecule has 1 heterocycles. The minimum absolute atomic E-state index is 0.148. The van der Waals surface area contributed by atoms with Crippen LogP contribution in [0, 0.1) is 0 Å². The number of nitrogens with one attached hydrogen (secondary N) is 1. The van der Waals surface area contributed by atoms with Gasteiger partial charge in [0, 0.05) is 11.4 Å². The standard InChI is InChI=1S/C14H21NO4S/c1-4-6-7-15-13(16)9(3)19-11-8-10(5-2)20-12(11)14(17)18/h8-9H,4-7H2,1-3H3,(H,15,16)(H,17,18). The third kappa shape index (κ3) is 4.52. The molecular formula is C14H21NO4S. The van der Waals surface area contributed by atoms with Gasteiger partial charge in [-0.05, 0) is 25.8 Å². The fourth-order valence-electron chi connectivity index (χ4n) is 1.61. The zero-order valence-electron chi connectivity index (χ0n) is 12.1. The van der Waals surface area contributed by atoms with Crippen LogP contribution in [0.25, 0.3) is 0 Å². The van der Waals surface area contributed by atoms with Gasteiger partial charge >= 0.3 is 5.97 Å². The lowest BCUT2D eigenvalue weighted by atomic mass is 10.3. The Morgan fingerprint density at radius 3 is 2.70 bits per heavy atom. The molecule has 0 bridgehead atoms. The van der Waals surface area contributed by atoms with Gasteiger partial charge in [0.2, 0.25) is 0 Å². The van der Waals surface area contributed by atoms with Crippen LogP contribution in [0.15, 0.2) is 6.07 Å². The van der Waals surface area contributed by atoms with E-state index < -0.39 is 12.1 Å². The van der Waals surface area contributed by atoms with Gasteiger partial charge in [-0.1, -0.05) is 20.3 Å². The minimum atomic E-state index is -1.02. The Balaban J connectivity index is 2.69. The Morgan fingerprint density at radius 1 is 1.45 bits per heavy atom. The molecule has 1 unspecified atom stereocenters. The molecule has 112 valence electrons. The number of amides is 1. The van der Waals surface area contributed by atoms with Crippen LogP contribution in [0.1, 0.15) is 48.2 Å². The van der Waals surface area contributed by atoms with Gasteiger partial charge in [-0.15, -0.1) is 11.3 Å². The molecule has 1 atom stereocenters. The largest absolute Gasteiger partial charge is 0.479 e. The number of rotatable bonds is 8. The number of carbonyl (C=O) groups is 2. The molecule has 1 rings (SSSR count). The van der Waals surface area contributed by atoms with Crippen molar-refractivity contribution in [2.24, 2.45) is 0 Å². The van der Waals surface area contributed by atoms with E-state index in [9.17, 15) is 9.59 Å². The van der Waals surface area contributed by atoms with E-state index in [0.29, 0.717) is 6.54 Å². The van der Waals surface area contributed by atoms with Gasteiger partial charge < -0.3 is 15.2 Å². The van der Waals surface area contributed by atoms with E-state index in [-0.39, 0.29) is 16.5 Å². The second-order valence-electron chi connectivity index (χ2n) is 4.47. The summed E-state index contributed by atoms with van der Waals surface area (Å²) in [5.41, 5.74) is 0. The number of unbranched alkanes of at least 4 members (excludes halogenated alkanes) is 1. The van der Waals surface area contributed by atoms with Crippen molar-refractivity contribution >= 4 is 23.2 Å². The predicted molar refractivity (Wildman–Crippen MR) is 78.7 cm³/mol. The number of carboxylic acids is 1. The molecule has 0 aromatic carbocycles. The SMILES string of the molecule is CCCCNC(=O)C(C)Oc1cc(CC)sc1C(=O)O. The van der Waals surface area contributed by atoms with Gasteiger partial charge in [-0.3, -0.25) is 4.79 Å². The molecule has 0 saturated carbocycles. The first-order chi connectivity index (χ1) is 9.49. The Hall–Kier alpha value is -1.56. The van der Waals surface area contributed by atoms with Crippen LogP contribution in [0.4, 0.5) is 0 Å². The highest BCUT2D eigenvalue weighted by atomic mass is 32.1. The summed E-state index contributed by atoms with van der Waals surface area (Å²) < 4.78 is 5.50. The summed E-state index contributed by atoms with van der Waals surface area (Å²) in [4.78, 5) is 24.0. The quantitative estimate of drug-likeness (QED) is 0.724. The second kappa shape index (κ2) is 7.89. The Morgan fingerprint density at radius 2 is 2.15 bits per heavy atom. The van der Waals surface area contributed by atoms with Crippen LogP contribution in [0.5, 0.6) is 5.75 Å². The molecular weight excluding hydrogens is 278 g/mol. The van der Waals surface area contributed by atoms with E-state index >= 15 is 0 Å². The van der Waals surface area contributed by atoms with Crippen molar-refractivity contribution in [1.29, 1.82) is 0 Å². The highest BCUT2D eigenvalue weighted by Gasteiger charge is 2.21. The lowest BCUT2D eigenvalue weighted by Crippen LogP contribution is -2.36. The number of ether oxygens (including phenoxy) is 1. The van der Waals surface area contributed by atoms with Crippen molar-refractivity contribution in [3.8, 4) is 5.75 Å². The number of aromatic carboxylic acids is 1. The van der Waals surface area contributed by atoms with Crippen LogP contribution in [0.3, 0.4) is 0 Å². The van der Waals surface area contributed by atoms with Crippen LogP contribution >= 0.6 is 11.3 Å². The molecule has 6 heteroatoms. The van der Waals surface area contributed by atoms with Crippen LogP contribution < -0.4 is 10.1 Å². The second-order valence-corrected chi connectivity index (χ2v) is 5.61. The third-order valence-electron chi connectivity index (χ3n) is 2.79. The maximum Gasteiger partial charge on any atom is 0.349 e. The molecule has 5 nitrogen and oxygen atoms in total. The number of aryl methyl sites for hydroxylation is 1. The van der Waals surface area contributed by atoms with Gasteiger partial charge in [0.05, 0.1) is 0 Å².